The van der Waals surface area contributed by atoms with Crippen molar-refractivity contribution in [2.45, 2.75) is 26.4 Å². The van der Waals surface area contributed by atoms with Gasteiger partial charge in [0.15, 0.2) is 0 Å². The Hall–Kier alpha value is -2.13. The van der Waals surface area contributed by atoms with Crippen molar-refractivity contribution in [3.05, 3.63) is 71.3 Å². The number of amides is 1. The molecule has 104 valence electrons. The fraction of sp³-hybridized carbons (Fsp3) is 0.235. The van der Waals surface area contributed by atoms with E-state index < -0.39 is 0 Å². The van der Waals surface area contributed by atoms with Gasteiger partial charge >= 0.3 is 0 Å². The molecular weight excluding hydrogens is 250 g/mol. The minimum atomic E-state index is -0.0933. The molecule has 2 rings (SSSR count). The molecule has 0 saturated carbocycles. The molecule has 0 aromatic heterocycles. The van der Waals surface area contributed by atoms with Crippen LogP contribution in [0.1, 0.15) is 23.1 Å². The number of nitrogens with one attached hydrogen (secondary N) is 1. The van der Waals surface area contributed by atoms with Gasteiger partial charge in [0.1, 0.15) is 0 Å². The average Bonchev–Trinajstić information content (AvgIpc) is 2.47. The van der Waals surface area contributed by atoms with E-state index in [0.29, 0.717) is 13.0 Å². The quantitative estimate of drug-likeness (QED) is 0.818. The number of hydrogen-bond acceptors (Lipinski definition) is 2. The van der Waals surface area contributed by atoms with Gasteiger partial charge in [-0.25, -0.2) is 5.48 Å². The van der Waals surface area contributed by atoms with Gasteiger partial charge in [0.2, 0.25) is 5.91 Å². The summed E-state index contributed by atoms with van der Waals surface area (Å²) >= 11 is 0. The molecule has 1 amide bonds. The zero-order valence-electron chi connectivity index (χ0n) is 11.6. The van der Waals surface area contributed by atoms with Gasteiger partial charge in [0, 0.05) is 6.42 Å². The van der Waals surface area contributed by atoms with Gasteiger partial charge in [-0.05, 0) is 30.0 Å². The molecule has 0 spiro atoms. The highest BCUT2D eigenvalue weighted by Crippen LogP contribution is 2.09. The fourth-order valence-electron chi connectivity index (χ4n) is 1.96. The fourth-order valence-corrected chi connectivity index (χ4v) is 1.96. The van der Waals surface area contributed by atoms with Crippen molar-refractivity contribution in [3.63, 3.8) is 0 Å². The largest absolute Gasteiger partial charge is 0.273 e. The Kier molecular flexibility index (Phi) is 5.33. The van der Waals surface area contributed by atoms with Gasteiger partial charge in [-0.15, -0.1) is 0 Å². The molecule has 0 atom stereocenters. The third-order valence-electron chi connectivity index (χ3n) is 3.15. The van der Waals surface area contributed by atoms with Gasteiger partial charge in [0.05, 0.1) is 6.61 Å². The van der Waals surface area contributed by atoms with Crippen LogP contribution in [0.2, 0.25) is 0 Å². The topological polar surface area (TPSA) is 38.3 Å². The molecular formula is C17H19NO2. The van der Waals surface area contributed by atoms with Crippen LogP contribution in [0.15, 0.2) is 54.6 Å². The summed E-state index contributed by atoms with van der Waals surface area (Å²) in [7, 11) is 0. The first-order valence-corrected chi connectivity index (χ1v) is 6.75. The molecule has 0 fully saturated rings. The van der Waals surface area contributed by atoms with Crippen LogP contribution in [-0.2, 0) is 22.7 Å². The van der Waals surface area contributed by atoms with E-state index in [2.05, 4.69) is 18.5 Å². The summed E-state index contributed by atoms with van der Waals surface area (Å²) in [6.07, 6.45) is 1.16. The van der Waals surface area contributed by atoms with Crippen LogP contribution in [0.3, 0.4) is 0 Å². The monoisotopic (exact) mass is 269 g/mol. The summed E-state index contributed by atoms with van der Waals surface area (Å²) < 4.78 is 0. The van der Waals surface area contributed by atoms with Crippen LogP contribution in [0.25, 0.3) is 0 Å². The highest BCUT2D eigenvalue weighted by molar-refractivity contribution is 5.75. The zero-order valence-corrected chi connectivity index (χ0v) is 11.6. The Bertz CT molecular complexity index is 552. The van der Waals surface area contributed by atoms with Crippen LogP contribution >= 0.6 is 0 Å². The maximum atomic E-state index is 11.7. The highest BCUT2D eigenvalue weighted by atomic mass is 16.6. The predicted octanol–water partition coefficient (Wildman–Crippen LogP) is 3.18. The van der Waals surface area contributed by atoms with Crippen molar-refractivity contribution >= 4 is 5.91 Å². The molecule has 2 aromatic carbocycles. The molecule has 0 aliphatic carbocycles. The number of benzene rings is 2. The number of carbonyl (C=O) groups is 1. The second kappa shape index (κ2) is 7.46. The van der Waals surface area contributed by atoms with Gasteiger partial charge < -0.3 is 0 Å². The maximum Gasteiger partial charge on any atom is 0.243 e. The maximum absolute atomic E-state index is 11.7. The Morgan fingerprint density at radius 2 is 1.75 bits per heavy atom. The second-order valence-corrected chi connectivity index (χ2v) is 4.73. The minimum Gasteiger partial charge on any atom is -0.273 e. The van der Waals surface area contributed by atoms with E-state index >= 15 is 0 Å². The number of hydrogen-bond donors (Lipinski definition) is 1. The van der Waals surface area contributed by atoms with E-state index in [1.54, 1.807) is 0 Å². The molecule has 0 aliphatic rings. The predicted molar refractivity (Wildman–Crippen MR) is 78.9 cm³/mol. The Balaban J connectivity index is 1.70. The van der Waals surface area contributed by atoms with E-state index in [-0.39, 0.29) is 5.91 Å². The van der Waals surface area contributed by atoms with Gasteiger partial charge in [0.25, 0.3) is 0 Å². The Labute approximate surface area is 119 Å². The second-order valence-electron chi connectivity index (χ2n) is 4.73. The Morgan fingerprint density at radius 3 is 2.50 bits per heavy atom. The molecule has 20 heavy (non-hydrogen) atoms. The van der Waals surface area contributed by atoms with Crippen LogP contribution in [-0.4, -0.2) is 5.91 Å². The molecule has 0 radical (unpaired) electrons. The standard InChI is InChI=1S/C17H19NO2/c1-14-7-5-6-10-16(14)11-12-17(19)18-20-13-15-8-3-2-4-9-15/h2-10H,11-13H2,1H3,(H,18,19). The SMILES string of the molecule is Cc1ccccc1CCC(=O)NOCc1ccccc1. The number of aryl methyl sites for hydroxylation is 2. The minimum absolute atomic E-state index is 0.0933. The van der Waals surface area contributed by atoms with E-state index in [1.807, 2.05) is 48.5 Å². The first kappa shape index (κ1) is 14.3. The van der Waals surface area contributed by atoms with E-state index in [0.717, 1.165) is 12.0 Å². The van der Waals surface area contributed by atoms with Gasteiger partial charge in [-0.3, -0.25) is 9.63 Å². The molecule has 0 heterocycles. The number of carbonyl (C=O) groups excluding carboxylic acids is 1. The average molecular weight is 269 g/mol. The van der Waals surface area contributed by atoms with E-state index in [1.165, 1.54) is 11.1 Å². The smallest absolute Gasteiger partial charge is 0.243 e. The Morgan fingerprint density at radius 1 is 1.05 bits per heavy atom. The summed E-state index contributed by atoms with van der Waals surface area (Å²) in [6, 6.07) is 17.8. The molecule has 3 heteroatoms. The zero-order chi connectivity index (χ0) is 14.2. The third-order valence-corrected chi connectivity index (χ3v) is 3.15. The summed E-state index contributed by atoms with van der Waals surface area (Å²) in [4.78, 5) is 16.9. The highest BCUT2D eigenvalue weighted by Gasteiger charge is 2.04. The lowest BCUT2D eigenvalue weighted by molar-refractivity contribution is -0.134. The molecule has 0 saturated heterocycles. The van der Waals surface area contributed by atoms with E-state index in [9.17, 15) is 4.79 Å². The summed E-state index contributed by atoms with van der Waals surface area (Å²) in [5, 5.41) is 0. The lowest BCUT2D eigenvalue weighted by Crippen LogP contribution is -2.23. The first-order chi connectivity index (χ1) is 9.75. The number of rotatable bonds is 6. The normalized spacial score (nSPS) is 10.2. The first-order valence-electron chi connectivity index (χ1n) is 6.75. The van der Waals surface area contributed by atoms with Crippen molar-refractivity contribution in [2.24, 2.45) is 0 Å². The summed E-state index contributed by atoms with van der Waals surface area (Å²) in [6.45, 7) is 2.44. The molecule has 1 N–H and O–H groups in total. The lowest BCUT2D eigenvalue weighted by atomic mass is 10.0. The van der Waals surface area contributed by atoms with Crippen molar-refractivity contribution in [2.75, 3.05) is 0 Å². The van der Waals surface area contributed by atoms with Crippen molar-refractivity contribution in [3.8, 4) is 0 Å². The van der Waals surface area contributed by atoms with Crippen LogP contribution in [0.4, 0.5) is 0 Å². The van der Waals surface area contributed by atoms with Gasteiger partial charge in [-0.2, -0.15) is 0 Å². The molecule has 0 bridgehead atoms. The molecule has 0 unspecified atom stereocenters. The van der Waals surface area contributed by atoms with E-state index in [4.69, 9.17) is 4.84 Å². The van der Waals surface area contributed by atoms with Crippen LogP contribution in [0.5, 0.6) is 0 Å². The lowest BCUT2D eigenvalue weighted by Gasteiger charge is -2.07. The molecule has 3 nitrogen and oxygen atoms in total. The van der Waals surface area contributed by atoms with Crippen LogP contribution < -0.4 is 5.48 Å². The number of hydroxylamine groups is 1. The van der Waals surface area contributed by atoms with Crippen LogP contribution in [0, 0.1) is 6.92 Å². The van der Waals surface area contributed by atoms with Crippen molar-refractivity contribution in [1.29, 1.82) is 0 Å². The molecule has 2 aromatic rings. The van der Waals surface area contributed by atoms with Crippen molar-refractivity contribution < 1.29 is 9.63 Å². The van der Waals surface area contributed by atoms with Crippen molar-refractivity contribution in [1.82, 2.24) is 5.48 Å². The molecule has 0 aliphatic heterocycles. The summed E-state index contributed by atoms with van der Waals surface area (Å²) in [5.41, 5.74) is 5.93. The van der Waals surface area contributed by atoms with Gasteiger partial charge in [-0.1, -0.05) is 54.6 Å². The summed E-state index contributed by atoms with van der Waals surface area (Å²) in [5.74, 6) is -0.0933. The third kappa shape index (κ3) is 4.52.